The minimum absolute atomic E-state index is 0.198. The summed E-state index contributed by atoms with van der Waals surface area (Å²) < 4.78 is 16.6. The summed E-state index contributed by atoms with van der Waals surface area (Å²) in [6.45, 7) is 0.198. The maximum Gasteiger partial charge on any atom is 0.264 e. The van der Waals surface area contributed by atoms with Crippen LogP contribution in [0.25, 0.3) is 0 Å². The van der Waals surface area contributed by atoms with Crippen molar-refractivity contribution in [1.82, 2.24) is 15.1 Å². The van der Waals surface area contributed by atoms with Crippen LogP contribution >= 0.6 is 0 Å². The Morgan fingerprint density at radius 2 is 1.81 bits per heavy atom. The second-order valence-electron chi connectivity index (χ2n) is 6.41. The van der Waals surface area contributed by atoms with Gasteiger partial charge in [0, 0.05) is 12.3 Å². The molecule has 1 aliphatic carbocycles. The number of rotatable bonds is 6. The van der Waals surface area contributed by atoms with E-state index in [4.69, 9.17) is 19.7 Å². The fourth-order valence-corrected chi connectivity index (χ4v) is 3.02. The van der Waals surface area contributed by atoms with Gasteiger partial charge in [0.1, 0.15) is 11.5 Å². The molecule has 2 aromatic heterocycles. The van der Waals surface area contributed by atoms with Crippen molar-refractivity contribution in [1.29, 1.82) is 0 Å². The van der Waals surface area contributed by atoms with Gasteiger partial charge in [-0.25, -0.2) is 4.98 Å². The Bertz CT molecular complexity index is 843. The van der Waals surface area contributed by atoms with Gasteiger partial charge in [-0.2, -0.15) is 4.98 Å². The van der Waals surface area contributed by atoms with Crippen LogP contribution in [-0.4, -0.2) is 15.1 Å². The topological polar surface area (TPSA) is 96.3 Å². The van der Waals surface area contributed by atoms with Gasteiger partial charge in [-0.3, -0.25) is 0 Å². The van der Waals surface area contributed by atoms with Crippen LogP contribution in [0.5, 0.6) is 17.4 Å². The maximum absolute atomic E-state index is 6.34. The number of benzene rings is 1. The third-order valence-corrected chi connectivity index (χ3v) is 4.46. The summed E-state index contributed by atoms with van der Waals surface area (Å²) in [4.78, 5) is 8.51. The Morgan fingerprint density at radius 1 is 1.04 bits per heavy atom. The zero-order chi connectivity index (χ0) is 17.8. The summed E-state index contributed by atoms with van der Waals surface area (Å²) in [5, 5.41) is 4.03. The maximum atomic E-state index is 6.34. The number of hydrogen-bond acceptors (Lipinski definition) is 7. The lowest BCUT2D eigenvalue weighted by molar-refractivity contribution is 0.241. The van der Waals surface area contributed by atoms with Crippen LogP contribution in [0.15, 0.2) is 53.2 Å². The van der Waals surface area contributed by atoms with Crippen molar-refractivity contribution in [2.45, 2.75) is 37.8 Å². The van der Waals surface area contributed by atoms with Crippen molar-refractivity contribution in [3.05, 3.63) is 60.4 Å². The van der Waals surface area contributed by atoms with Crippen molar-refractivity contribution < 1.29 is 14.0 Å². The molecule has 0 bridgehead atoms. The average molecular weight is 352 g/mol. The van der Waals surface area contributed by atoms with Crippen molar-refractivity contribution >= 4 is 0 Å². The Morgan fingerprint density at radius 3 is 2.54 bits per heavy atom. The largest absolute Gasteiger partial charge is 0.484 e. The Balaban J connectivity index is 1.34. The van der Waals surface area contributed by atoms with Crippen LogP contribution < -0.4 is 15.2 Å². The zero-order valence-electron chi connectivity index (χ0n) is 14.3. The van der Waals surface area contributed by atoms with Gasteiger partial charge in [0.15, 0.2) is 12.4 Å². The normalized spacial score (nSPS) is 15.7. The molecule has 2 heterocycles. The average Bonchev–Trinajstić information content (AvgIpc) is 3.32. The highest BCUT2D eigenvalue weighted by Crippen LogP contribution is 2.34. The van der Waals surface area contributed by atoms with E-state index in [1.165, 1.54) is 0 Å². The molecule has 26 heavy (non-hydrogen) atoms. The Kier molecular flexibility index (Phi) is 4.53. The number of nitrogens with two attached hydrogens (primary N) is 1. The van der Waals surface area contributed by atoms with Crippen molar-refractivity contribution in [2.24, 2.45) is 5.73 Å². The molecular weight excluding hydrogens is 332 g/mol. The molecule has 4 rings (SSSR count). The third kappa shape index (κ3) is 3.67. The molecule has 7 heteroatoms. The lowest BCUT2D eigenvalue weighted by Gasteiger charge is -2.17. The van der Waals surface area contributed by atoms with Crippen molar-refractivity contribution in [3.63, 3.8) is 0 Å². The number of aromatic nitrogens is 3. The molecule has 0 radical (unpaired) electrons. The van der Waals surface area contributed by atoms with Crippen LogP contribution in [0.3, 0.4) is 0 Å². The minimum atomic E-state index is -0.452. The number of nitrogens with zero attached hydrogens (tertiary/aromatic N) is 3. The standard InChI is InChI=1S/C19H20N4O3/c20-19(10-2-3-11-19)18-22-17(26-23-18)13-24-14-6-8-15(9-7-14)25-16-5-1-4-12-21-16/h1,4-9,12H,2-3,10-11,13,20H2. The molecule has 0 amide bonds. The van der Waals surface area contributed by atoms with Crippen LogP contribution in [0.4, 0.5) is 0 Å². The lowest BCUT2D eigenvalue weighted by Crippen LogP contribution is -2.34. The minimum Gasteiger partial charge on any atom is -0.484 e. The second kappa shape index (κ2) is 7.13. The molecule has 1 aromatic carbocycles. The highest BCUT2D eigenvalue weighted by atomic mass is 16.5. The number of hydrogen-bond donors (Lipinski definition) is 1. The van der Waals surface area contributed by atoms with Crippen molar-refractivity contribution in [2.75, 3.05) is 0 Å². The Labute approximate surface area is 151 Å². The molecule has 1 aliphatic rings. The first kappa shape index (κ1) is 16.5. The fraction of sp³-hybridized carbons (Fsp3) is 0.316. The predicted molar refractivity (Wildman–Crippen MR) is 93.7 cm³/mol. The number of ether oxygens (including phenoxy) is 2. The van der Waals surface area contributed by atoms with E-state index < -0.39 is 5.54 Å². The molecule has 0 atom stereocenters. The molecule has 1 fully saturated rings. The zero-order valence-corrected chi connectivity index (χ0v) is 14.3. The van der Waals surface area contributed by atoms with E-state index >= 15 is 0 Å². The molecule has 134 valence electrons. The predicted octanol–water partition coefficient (Wildman–Crippen LogP) is 3.56. The second-order valence-corrected chi connectivity index (χ2v) is 6.41. The highest BCUT2D eigenvalue weighted by molar-refractivity contribution is 5.33. The first-order valence-corrected chi connectivity index (χ1v) is 8.65. The third-order valence-electron chi connectivity index (χ3n) is 4.46. The van der Waals surface area contributed by atoms with E-state index in [1.54, 1.807) is 12.3 Å². The summed E-state index contributed by atoms with van der Waals surface area (Å²) in [5.74, 6) is 2.91. The number of pyridine rings is 1. The molecule has 0 spiro atoms. The smallest absolute Gasteiger partial charge is 0.264 e. The van der Waals surface area contributed by atoms with E-state index in [0.717, 1.165) is 25.7 Å². The van der Waals surface area contributed by atoms with Gasteiger partial charge in [-0.15, -0.1) is 0 Å². The van der Waals surface area contributed by atoms with Gasteiger partial charge < -0.3 is 19.7 Å². The van der Waals surface area contributed by atoms with E-state index in [9.17, 15) is 0 Å². The molecule has 7 nitrogen and oxygen atoms in total. The van der Waals surface area contributed by atoms with E-state index in [0.29, 0.717) is 29.1 Å². The molecule has 0 unspecified atom stereocenters. The fourth-order valence-electron chi connectivity index (χ4n) is 3.02. The quantitative estimate of drug-likeness (QED) is 0.724. The van der Waals surface area contributed by atoms with E-state index in [2.05, 4.69) is 15.1 Å². The Hall–Kier alpha value is -2.93. The molecule has 3 aromatic rings. The van der Waals surface area contributed by atoms with Crippen LogP contribution in [0.2, 0.25) is 0 Å². The van der Waals surface area contributed by atoms with Gasteiger partial charge >= 0.3 is 0 Å². The first-order valence-electron chi connectivity index (χ1n) is 8.65. The van der Waals surface area contributed by atoms with E-state index in [-0.39, 0.29) is 6.61 Å². The van der Waals surface area contributed by atoms with Crippen LogP contribution in [0.1, 0.15) is 37.4 Å². The van der Waals surface area contributed by atoms with Gasteiger partial charge in [-0.1, -0.05) is 24.1 Å². The lowest BCUT2D eigenvalue weighted by atomic mass is 9.99. The van der Waals surface area contributed by atoms with Gasteiger partial charge in [0.2, 0.25) is 5.88 Å². The highest BCUT2D eigenvalue weighted by Gasteiger charge is 2.35. The molecule has 0 aliphatic heterocycles. The summed E-state index contributed by atoms with van der Waals surface area (Å²) in [6, 6.07) is 12.8. The molecule has 2 N–H and O–H groups in total. The monoisotopic (exact) mass is 352 g/mol. The molecule has 1 saturated carbocycles. The SMILES string of the molecule is NC1(c2noc(COc3ccc(Oc4ccccn4)cc3)n2)CCCC1. The molecule has 0 saturated heterocycles. The van der Waals surface area contributed by atoms with E-state index in [1.807, 2.05) is 36.4 Å². The van der Waals surface area contributed by atoms with Gasteiger partial charge in [0.05, 0.1) is 5.54 Å². The van der Waals surface area contributed by atoms with Gasteiger partial charge in [-0.05, 0) is 43.2 Å². The van der Waals surface area contributed by atoms with Crippen molar-refractivity contribution in [3.8, 4) is 17.4 Å². The first-order chi connectivity index (χ1) is 12.7. The van der Waals surface area contributed by atoms with Gasteiger partial charge in [0.25, 0.3) is 5.89 Å². The summed E-state index contributed by atoms with van der Waals surface area (Å²) in [6.07, 6.45) is 5.67. The summed E-state index contributed by atoms with van der Waals surface area (Å²) >= 11 is 0. The van der Waals surface area contributed by atoms with Crippen LogP contribution in [0, 0.1) is 0 Å². The molecular formula is C19H20N4O3. The summed E-state index contributed by atoms with van der Waals surface area (Å²) in [7, 11) is 0. The summed E-state index contributed by atoms with van der Waals surface area (Å²) in [5.41, 5.74) is 5.88. The van der Waals surface area contributed by atoms with Crippen LogP contribution in [-0.2, 0) is 12.1 Å².